The number of alkyl carbamates (subject to hydrolysis) is 1. The summed E-state index contributed by atoms with van der Waals surface area (Å²) in [6.45, 7) is 7.63. The number of carbonyl (C=O) groups is 3. The molecule has 7 heteroatoms. The van der Waals surface area contributed by atoms with Crippen LogP contribution in [0.5, 0.6) is 0 Å². The fraction of sp³-hybridized carbons (Fsp3) is 0.654. The molecule has 0 aromatic heterocycles. The predicted molar refractivity (Wildman–Crippen MR) is 130 cm³/mol. The molecule has 0 bridgehead atoms. The minimum Gasteiger partial charge on any atom is -0.444 e. The van der Waals surface area contributed by atoms with E-state index in [9.17, 15) is 14.4 Å². The van der Waals surface area contributed by atoms with Crippen LogP contribution in [0.3, 0.4) is 0 Å². The van der Waals surface area contributed by atoms with Crippen molar-refractivity contribution in [2.45, 2.75) is 96.7 Å². The van der Waals surface area contributed by atoms with Gasteiger partial charge in [0.05, 0.1) is 0 Å². The minimum atomic E-state index is -0.738. The molecule has 1 aromatic rings. The van der Waals surface area contributed by atoms with Gasteiger partial charge < -0.3 is 20.3 Å². The van der Waals surface area contributed by atoms with Gasteiger partial charge in [0.2, 0.25) is 11.8 Å². The van der Waals surface area contributed by atoms with E-state index in [-0.39, 0.29) is 24.4 Å². The van der Waals surface area contributed by atoms with Gasteiger partial charge in [0, 0.05) is 12.6 Å². The number of carbonyl (C=O) groups excluding carboxylic acids is 3. The largest absolute Gasteiger partial charge is 0.444 e. The maximum atomic E-state index is 13.5. The van der Waals surface area contributed by atoms with Crippen LogP contribution >= 0.6 is 0 Å². The summed E-state index contributed by atoms with van der Waals surface area (Å²) in [6.07, 6.45) is 7.46. The number of rotatable bonds is 10. The van der Waals surface area contributed by atoms with Gasteiger partial charge >= 0.3 is 6.09 Å². The van der Waals surface area contributed by atoms with E-state index >= 15 is 0 Å². The third kappa shape index (κ3) is 9.44. The Kier molecular flexibility index (Phi) is 10.7. The van der Waals surface area contributed by atoms with Crippen molar-refractivity contribution in [2.24, 2.45) is 0 Å². The zero-order valence-corrected chi connectivity index (χ0v) is 20.7. The molecular weight excluding hydrogens is 418 g/mol. The summed E-state index contributed by atoms with van der Waals surface area (Å²) in [5.41, 5.74) is 0.119. The summed E-state index contributed by atoms with van der Waals surface area (Å²) >= 11 is 0. The van der Waals surface area contributed by atoms with Crippen LogP contribution in [0, 0.1) is 0 Å². The molecule has 1 aliphatic rings. The Hall–Kier alpha value is -2.57. The lowest BCUT2D eigenvalue weighted by atomic mass is 9.94. The van der Waals surface area contributed by atoms with Crippen molar-refractivity contribution in [2.75, 3.05) is 13.1 Å². The number of hydrogen-bond donors (Lipinski definition) is 2. The highest BCUT2D eigenvalue weighted by molar-refractivity contribution is 5.90. The second kappa shape index (κ2) is 13.2. The van der Waals surface area contributed by atoms with E-state index in [1.165, 1.54) is 6.42 Å². The van der Waals surface area contributed by atoms with Gasteiger partial charge in [0.15, 0.2) is 0 Å². The van der Waals surface area contributed by atoms with Gasteiger partial charge in [-0.2, -0.15) is 0 Å². The Labute approximate surface area is 198 Å². The first-order valence-electron chi connectivity index (χ1n) is 12.3. The molecule has 0 heterocycles. The highest BCUT2D eigenvalue weighted by Crippen LogP contribution is 2.24. The van der Waals surface area contributed by atoms with Crippen molar-refractivity contribution in [1.29, 1.82) is 0 Å². The molecule has 2 rings (SSSR count). The highest BCUT2D eigenvalue weighted by Gasteiger charge is 2.32. The van der Waals surface area contributed by atoms with Gasteiger partial charge in [0.25, 0.3) is 0 Å². The molecule has 1 aliphatic carbocycles. The first-order chi connectivity index (χ1) is 15.7. The smallest absolute Gasteiger partial charge is 0.408 e. The third-order valence-corrected chi connectivity index (χ3v) is 5.73. The standard InChI is InChI=1S/C26H41N3O4/c1-5-6-13-18-29(22(30)19-27-25(32)33-26(2,3)4)23(20-14-9-7-10-15-20)24(31)28-21-16-11-8-12-17-21/h7,9-10,14-15,21,23H,5-6,8,11-13,16-19H2,1-4H3,(H,27,32)(H,28,31). The Balaban J connectivity index is 2.21. The number of hydrogen-bond acceptors (Lipinski definition) is 4. The Morgan fingerprint density at radius 2 is 1.73 bits per heavy atom. The molecule has 3 amide bonds. The number of unbranched alkanes of at least 4 members (excludes halogenated alkanes) is 2. The molecule has 1 atom stereocenters. The van der Waals surface area contributed by atoms with E-state index in [4.69, 9.17) is 4.74 Å². The zero-order chi connectivity index (χ0) is 24.3. The van der Waals surface area contributed by atoms with Crippen molar-refractivity contribution in [3.05, 3.63) is 35.9 Å². The molecule has 0 saturated heterocycles. The molecule has 0 spiro atoms. The molecule has 1 saturated carbocycles. The molecule has 184 valence electrons. The minimum absolute atomic E-state index is 0.143. The topological polar surface area (TPSA) is 87.7 Å². The van der Waals surface area contributed by atoms with Gasteiger partial charge in [-0.3, -0.25) is 9.59 Å². The molecule has 1 fully saturated rings. The van der Waals surface area contributed by atoms with Crippen molar-refractivity contribution in [3.8, 4) is 0 Å². The van der Waals surface area contributed by atoms with Crippen LogP contribution < -0.4 is 10.6 Å². The van der Waals surface area contributed by atoms with Gasteiger partial charge in [-0.1, -0.05) is 69.4 Å². The lowest BCUT2D eigenvalue weighted by Gasteiger charge is -2.33. The quantitative estimate of drug-likeness (QED) is 0.496. The van der Waals surface area contributed by atoms with Gasteiger partial charge in [0.1, 0.15) is 18.2 Å². The number of ether oxygens (including phenoxy) is 1. The van der Waals surface area contributed by atoms with E-state index in [0.29, 0.717) is 6.54 Å². The summed E-state index contributed by atoms with van der Waals surface area (Å²) in [7, 11) is 0. The number of benzene rings is 1. The molecule has 33 heavy (non-hydrogen) atoms. The Bertz CT molecular complexity index is 755. The second-order valence-corrected chi connectivity index (χ2v) is 9.81. The monoisotopic (exact) mass is 459 g/mol. The van der Waals surface area contributed by atoms with Crippen LogP contribution in [0.15, 0.2) is 30.3 Å². The highest BCUT2D eigenvalue weighted by atomic mass is 16.6. The van der Waals surface area contributed by atoms with Crippen LogP contribution in [-0.4, -0.2) is 47.5 Å². The predicted octanol–water partition coefficient (Wildman–Crippen LogP) is 4.72. The van der Waals surface area contributed by atoms with Gasteiger partial charge in [-0.25, -0.2) is 4.79 Å². The van der Waals surface area contributed by atoms with Crippen molar-refractivity contribution >= 4 is 17.9 Å². The average molecular weight is 460 g/mol. The SMILES string of the molecule is CCCCCN(C(=O)CNC(=O)OC(C)(C)C)C(C(=O)NC1CCCCC1)c1ccccc1. The van der Waals surface area contributed by atoms with Crippen LogP contribution in [-0.2, 0) is 14.3 Å². The summed E-state index contributed by atoms with van der Waals surface area (Å²) in [5, 5.41) is 5.75. The van der Waals surface area contributed by atoms with Crippen molar-refractivity contribution in [3.63, 3.8) is 0 Å². The van der Waals surface area contributed by atoms with E-state index in [1.807, 2.05) is 30.3 Å². The number of nitrogens with one attached hydrogen (secondary N) is 2. The molecule has 1 aromatic carbocycles. The summed E-state index contributed by atoms with van der Waals surface area (Å²) in [5.74, 6) is -0.458. The first-order valence-corrected chi connectivity index (χ1v) is 12.3. The molecule has 2 N–H and O–H groups in total. The zero-order valence-electron chi connectivity index (χ0n) is 20.7. The van der Waals surface area contributed by atoms with Crippen LogP contribution in [0.25, 0.3) is 0 Å². The summed E-state index contributed by atoms with van der Waals surface area (Å²) < 4.78 is 5.26. The summed E-state index contributed by atoms with van der Waals surface area (Å²) in [4.78, 5) is 40.5. The maximum Gasteiger partial charge on any atom is 0.408 e. The Morgan fingerprint density at radius 3 is 2.33 bits per heavy atom. The molecule has 0 aliphatic heterocycles. The van der Waals surface area contributed by atoms with E-state index in [0.717, 1.165) is 50.5 Å². The lowest BCUT2D eigenvalue weighted by molar-refractivity contribution is -0.140. The van der Waals surface area contributed by atoms with Crippen LogP contribution in [0.4, 0.5) is 4.79 Å². The lowest BCUT2D eigenvalue weighted by Crippen LogP contribution is -2.50. The van der Waals surface area contributed by atoms with Crippen LogP contribution in [0.2, 0.25) is 0 Å². The average Bonchev–Trinajstić information content (AvgIpc) is 2.77. The number of nitrogens with zero attached hydrogens (tertiary/aromatic N) is 1. The van der Waals surface area contributed by atoms with Crippen LogP contribution in [0.1, 0.15) is 90.7 Å². The van der Waals surface area contributed by atoms with E-state index in [2.05, 4.69) is 17.6 Å². The van der Waals surface area contributed by atoms with Gasteiger partial charge in [-0.05, 0) is 45.6 Å². The maximum absolute atomic E-state index is 13.5. The van der Waals surface area contributed by atoms with Gasteiger partial charge in [-0.15, -0.1) is 0 Å². The fourth-order valence-corrected chi connectivity index (χ4v) is 4.13. The Morgan fingerprint density at radius 1 is 1.06 bits per heavy atom. The molecule has 1 unspecified atom stereocenters. The first kappa shape index (κ1) is 26.7. The van der Waals surface area contributed by atoms with E-state index < -0.39 is 17.7 Å². The molecular formula is C26H41N3O4. The normalized spacial score (nSPS) is 15.4. The van der Waals surface area contributed by atoms with Crippen molar-refractivity contribution in [1.82, 2.24) is 15.5 Å². The number of amides is 3. The van der Waals surface area contributed by atoms with Crippen molar-refractivity contribution < 1.29 is 19.1 Å². The molecule has 7 nitrogen and oxygen atoms in total. The second-order valence-electron chi connectivity index (χ2n) is 9.81. The third-order valence-electron chi connectivity index (χ3n) is 5.73. The summed E-state index contributed by atoms with van der Waals surface area (Å²) in [6, 6.07) is 8.82. The molecule has 0 radical (unpaired) electrons. The fourth-order valence-electron chi connectivity index (χ4n) is 4.13. The van der Waals surface area contributed by atoms with E-state index in [1.54, 1.807) is 25.7 Å².